The predicted molar refractivity (Wildman–Crippen MR) is 75.4 cm³/mol. The van der Waals surface area contributed by atoms with Crippen LogP contribution in [-0.2, 0) is 0 Å². The van der Waals surface area contributed by atoms with Crippen molar-refractivity contribution in [2.45, 2.75) is 25.8 Å². The lowest BCUT2D eigenvalue weighted by Crippen LogP contribution is -2.37. The Kier molecular flexibility index (Phi) is 6.06. The summed E-state index contributed by atoms with van der Waals surface area (Å²) in [6, 6.07) is 7.22. The largest absolute Gasteiger partial charge is 0.330 e. The van der Waals surface area contributed by atoms with Gasteiger partial charge in [-0.15, -0.1) is 12.4 Å². The first-order valence-electron chi connectivity index (χ1n) is 6.40. The van der Waals surface area contributed by atoms with Gasteiger partial charge in [-0.05, 0) is 63.0 Å². The van der Waals surface area contributed by atoms with Crippen molar-refractivity contribution in [3.05, 3.63) is 35.6 Å². The third-order valence-electron chi connectivity index (χ3n) is 3.86. The zero-order chi connectivity index (χ0) is 12.3. The lowest BCUT2D eigenvalue weighted by atomic mass is 9.95. The van der Waals surface area contributed by atoms with Crippen LogP contribution < -0.4 is 5.73 Å². The monoisotopic (exact) mass is 272 g/mol. The first-order valence-corrected chi connectivity index (χ1v) is 6.40. The van der Waals surface area contributed by atoms with E-state index >= 15 is 0 Å². The van der Waals surface area contributed by atoms with Gasteiger partial charge in [-0.3, -0.25) is 4.90 Å². The molecule has 0 spiro atoms. The summed E-state index contributed by atoms with van der Waals surface area (Å²) in [7, 11) is 0. The van der Waals surface area contributed by atoms with Gasteiger partial charge in [0, 0.05) is 6.04 Å². The highest BCUT2D eigenvalue weighted by molar-refractivity contribution is 5.85. The van der Waals surface area contributed by atoms with Gasteiger partial charge in [-0.2, -0.15) is 0 Å². The zero-order valence-corrected chi connectivity index (χ0v) is 11.6. The molecule has 1 unspecified atom stereocenters. The van der Waals surface area contributed by atoms with Gasteiger partial charge in [0.25, 0.3) is 0 Å². The van der Waals surface area contributed by atoms with Crippen LogP contribution >= 0.6 is 12.4 Å². The van der Waals surface area contributed by atoms with E-state index in [1.165, 1.54) is 6.07 Å². The number of benzene rings is 1. The van der Waals surface area contributed by atoms with Gasteiger partial charge < -0.3 is 5.73 Å². The van der Waals surface area contributed by atoms with E-state index in [4.69, 9.17) is 5.73 Å². The second kappa shape index (κ2) is 7.07. The summed E-state index contributed by atoms with van der Waals surface area (Å²) in [5.41, 5.74) is 6.75. The van der Waals surface area contributed by atoms with Crippen LogP contribution in [0, 0.1) is 11.7 Å². The summed E-state index contributed by atoms with van der Waals surface area (Å²) in [5.74, 6) is 0.525. The lowest BCUT2D eigenvalue weighted by molar-refractivity contribution is 0.143. The number of rotatable bonds is 3. The average molecular weight is 273 g/mol. The molecule has 1 aromatic rings. The van der Waals surface area contributed by atoms with Crippen LogP contribution in [0.1, 0.15) is 31.4 Å². The van der Waals surface area contributed by atoms with Gasteiger partial charge in [0.15, 0.2) is 0 Å². The SMILES string of the molecule is CC(c1cccc(F)c1)N1CCC(CN)CC1.Cl. The number of nitrogens with zero attached hydrogens (tertiary/aromatic N) is 1. The summed E-state index contributed by atoms with van der Waals surface area (Å²) in [6.07, 6.45) is 2.33. The molecule has 0 bridgehead atoms. The van der Waals surface area contributed by atoms with Gasteiger partial charge in [-0.1, -0.05) is 12.1 Å². The van der Waals surface area contributed by atoms with Crippen LogP contribution in [0.5, 0.6) is 0 Å². The summed E-state index contributed by atoms with van der Waals surface area (Å²) in [4.78, 5) is 2.42. The molecule has 102 valence electrons. The number of nitrogens with two attached hydrogens (primary N) is 1. The molecule has 0 saturated carbocycles. The average Bonchev–Trinajstić information content (AvgIpc) is 2.38. The van der Waals surface area contributed by atoms with E-state index < -0.39 is 0 Å². The van der Waals surface area contributed by atoms with Crippen LogP contribution in [0.4, 0.5) is 4.39 Å². The van der Waals surface area contributed by atoms with E-state index in [9.17, 15) is 4.39 Å². The summed E-state index contributed by atoms with van der Waals surface area (Å²) < 4.78 is 13.2. The molecule has 0 amide bonds. The van der Waals surface area contributed by atoms with Gasteiger partial charge in [-0.25, -0.2) is 4.39 Å². The fraction of sp³-hybridized carbons (Fsp3) is 0.571. The minimum Gasteiger partial charge on any atom is -0.330 e. The molecule has 0 radical (unpaired) electrons. The summed E-state index contributed by atoms with van der Waals surface area (Å²) in [6.45, 7) is 5.08. The molecule has 2 rings (SSSR count). The maximum absolute atomic E-state index is 13.2. The molecule has 1 aliphatic rings. The fourth-order valence-electron chi connectivity index (χ4n) is 2.55. The maximum Gasteiger partial charge on any atom is 0.123 e. The van der Waals surface area contributed by atoms with Crippen molar-refractivity contribution in [1.82, 2.24) is 4.90 Å². The molecule has 0 aromatic heterocycles. The first kappa shape index (κ1) is 15.4. The van der Waals surface area contributed by atoms with Gasteiger partial charge in [0.2, 0.25) is 0 Å². The normalized spacial score (nSPS) is 19.3. The van der Waals surface area contributed by atoms with E-state index in [0.717, 1.165) is 38.0 Å². The maximum atomic E-state index is 13.2. The van der Waals surface area contributed by atoms with Crippen molar-refractivity contribution in [2.24, 2.45) is 11.7 Å². The van der Waals surface area contributed by atoms with Gasteiger partial charge in [0.1, 0.15) is 5.82 Å². The van der Waals surface area contributed by atoms with Crippen molar-refractivity contribution in [1.29, 1.82) is 0 Å². The Morgan fingerprint density at radius 2 is 2.06 bits per heavy atom. The van der Waals surface area contributed by atoms with Crippen LogP contribution in [0.3, 0.4) is 0 Å². The van der Waals surface area contributed by atoms with Crippen molar-refractivity contribution < 1.29 is 4.39 Å². The minimum absolute atomic E-state index is 0. The molecule has 2 nitrogen and oxygen atoms in total. The molecule has 2 N–H and O–H groups in total. The van der Waals surface area contributed by atoms with Crippen LogP contribution in [0.25, 0.3) is 0 Å². The quantitative estimate of drug-likeness (QED) is 0.917. The van der Waals surface area contributed by atoms with Gasteiger partial charge in [0.05, 0.1) is 0 Å². The molecule has 18 heavy (non-hydrogen) atoms. The molecular formula is C14H22ClFN2. The number of piperidine rings is 1. The molecule has 1 aromatic carbocycles. The highest BCUT2D eigenvalue weighted by Crippen LogP contribution is 2.26. The van der Waals surface area contributed by atoms with E-state index in [2.05, 4.69) is 11.8 Å². The highest BCUT2D eigenvalue weighted by atomic mass is 35.5. The number of hydrogen-bond donors (Lipinski definition) is 1. The summed E-state index contributed by atoms with van der Waals surface area (Å²) in [5, 5.41) is 0. The molecule has 1 fully saturated rings. The van der Waals surface area contributed by atoms with Crippen molar-refractivity contribution in [2.75, 3.05) is 19.6 Å². The Bertz CT molecular complexity index is 365. The number of hydrogen-bond acceptors (Lipinski definition) is 2. The Morgan fingerprint density at radius 3 is 2.61 bits per heavy atom. The third kappa shape index (κ3) is 3.67. The molecule has 1 aliphatic heterocycles. The second-order valence-electron chi connectivity index (χ2n) is 4.95. The fourth-order valence-corrected chi connectivity index (χ4v) is 2.55. The molecule has 0 aliphatic carbocycles. The van der Waals surface area contributed by atoms with E-state index in [0.29, 0.717) is 12.0 Å². The van der Waals surface area contributed by atoms with Crippen LogP contribution in [0.15, 0.2) is 24.3 Å². The Labute approximate surface area is 115 Å². The predicted octanol–water partition coefficient (Wildman–Crippen LogP) is 2.98. The van der Waals surface area contributed by atoms with Crippen LogP contribution in [-0.4, -0.2) is 24.5 Å². The number of halogens is 2. The standard InChI is InChI=1S/C14H21FN2.ClH/c1-11(13-3-2-4-14(15)9-13)17-7-5-12(10-16)6-8-17;/h2-4,9,11-12H,5-8,10,16H2,1H3;1H. The second-order valence-corrected chi connectivity index (χ2v) is 4.95. The van der Waals surface area contributed by atoms with Crippen molar-refractivity contribution in [3.8, 4) is 0 Å². The van der Waals surface area contributed by atoms with Crippen LogP contribution in [0.2, 0.25) is 0 Å². The smallest absolute Gasteiger partial charge is 0.123 e. The third-order valence-corrected chi connectivity index (χ3v) is 3.86. The first-order chi connectivity index (χ1) is 8.20. The van der Waals surface area contributed by atoms with E-state index in [1.807, 2.05) is 6.07 Å². The van der Waals surface area contributed by atoms with Crippen molar-refractivity contribution >= 4 is 12.4 Å². The molecule has 1 atom stereocenters. The Morgan fingerprint density at radius 1 is 1.39 bits per heavy atom. The lowest BCUT2D eigenvalue weighted by Gasteiger charge is -2.35. The summed E-state index contributed by atoms with van der Waals surface area (Å²) >= 11 is 0. The highest BCUT2D eigenvalue weighted by Gasteiger charge is 2.22. The van der Waals surface area contributed by atoms with E-state index in [-0.39, 0.29) is 18.2 Å². The minimum atomic E-state index is -0.147. The number of likely N-dealkylation sites (tertiary alicyclic amines) is 1. The topological polar surface area (TPSA) is 29.3 Å². The Hall–Kier alpha value is -0.640. The van der Waals surface area contributed by atoms with Crippen molar-refractivity contribution in [3.63, 3.8) is 0 Å². The molecule has 1 heterocycles. The molecule has 4 heteroatoms. The van der Waals surface area contributed by atoms with E-state index in [1.54, 1.807) is 12.1 Å². The Balaban J connectivity index is 0.00000162. The molecular weight excluding hydrogens is 251 g/mol. The zero-order valence-electron chi connectivity index (χ0n) is 10.8. The molecule has 1 saturated heterocycles. The van der Waals surface area contributed by atoms with Gasteiger partial charge >= 0.3 is 0 Å².